The molecule has 0 bridgehead atoms. The zero-order valence-corrected chi connectivity index (χ0v) is 12.0. The lowest BCUT2D eigenvalue weighted by Gasteiger charge is -2.33. The number of carbonyl (C=O) groups is 2. The van der Waals surface area contributed by atoms with E-state index in [4.69, 9.17) is 0 Å². The lowest BCUT2D eigenvalue weighted by atomic mass is 9.74. The highest BCUT2D eigenvalue weighted by Gasteiger charge is 2.39. The summed E-state index contributed by atoms with van der Waals surface area (Å²) >= 11 is 1.47. The second-order valence-corrected chi connectivity index (χ2v) is 5.88. The molecule has 2 rings (SSSR count). The molecule has 0 radical (unpaired) electrons. The molecule has 0 aliphatic heterocycles. The Morgan fingerprint density at radius 1 is 1.30 bits per heavy atom. The molecular formula is C13H19N3O3S. The number of aliphatic carboxylic acids is 1. The van der Waals surface area contributed by atoms with Gasteiger partial charge in [-0.3, -0.25) is 4.79 Å². The molecule has 1 saturated carbocycles. The van der Waals surface area contributed by atoms with Gasteiger partial charge < -0.3 is 15.7 Å². The minimum absolute atomic E-state index is 0.186. The van der Waals surface area contributed by atoms with E-state index < -0.39 is 11.4 Å². The van der Waals surface area contributed by atoms with Crippen LogP contribution in [0.15, 0.2) is 10.9 Å². The summed E-state index contributed by atoms with van der Waals surface area (Å²) in [6.45, 7) is 0.542. The molecule has 1 fully saturated rings. The number of urea groups is 1. The maximum Gasteiger partial charge on any atom is 0.315 e. The van der Waals surface area contributed by atoms with Crippen molar-refractivity contribution in [3.63, 3.8) is 0 Å². The Balaban J connectivity index is 1.80. The van der Waals surface area contributed by atoms with Gasteiger partial charge in [-0.2, -0.15) is 0 Å². The number of amides is 2. The zero-order chi connectivity index (χ0) is 14.4. The molecule has 0 saturated heterocycles. The summed E-state index contributed by atoms with van der Waals surface area (Å²) in [5, 5.41) is 16.6. The van der Waals surface area contributed by atoms with Crippen LogP contribution in [0.25, 0.3) is 0 Å². The number of hydrogen-bond donors (Lipinski definition) is 3. The molecule has 1 aromatic heterocycles. The number of rotatable bonds is 5. The molecule has 20 heavy (non-hydrogen) atoms. The lowest BCUT2D eigenvalue weighted by Crippen LogP contribution is -2.47. The Hall–Kier alpha value is -1.63. The van der Waals surface area contributed by atoms with Crippen LogP contribution in [0.1, 0.15) is 37.8 Å². The molecule has 1 heterocycles. The van der Waals surface area contributed by atoms with Crippen LogP contribution in [-0.2, 0) is 11.3 Å². The third-order valence-electron chi connectivity index (χ3n) is 3.77. The normalized spacial score (nSPS) is 17.4. The third-order valence-corrected chi connectivity index (χ3v) is 4.40. The molecule has 6 nitrogen and oxygen atoms in total. The first-order valence-electron chi connectivity index (χ1n) is 6.75. The van der Waals surface area contributed by atoms with E-state index in [1.54, 1.807) is 5.51 Å². The van der Waals surface area contributed by atoms with Crippen LogP contribution in [0.5, 0.6) is 0 Å². The molecule has 0 unspecified atom stereocenters. The van der Waals surface area contributed by atoms with Crippen molar-refractivity contribution in [3.8, 4) is 0 Å². The SMILES string of the molecule is O=C(NCc1cscn1)NCC1(C(=O)O)CCCCC1. The Morgan fingerprint density at radius 3 is 2.65 bits per heavy atom. The second kappa shape index (κ2) is 6.69. The van der Waals surface area contributed by atoms with Crippen LogP contribution in [0, 0.1) is 5.41 Å². The van der Waals surface area contributed by atoms with Gasteiger partial charge in [-0.25, -0.2) is 9.78 Å². The highest BCUT2D eigenvalue weighted by molar-refractivity contribution is 7.07. The monoisotopic (exact) mass is 297 g/mol. The van der Waals surface area contributed by atoms with Crippen molar-refractivity contribution >= 4 is 23.3 Å². The zero-order valence-electron chi connectivity index (χ0n) is 11.2. The Kier molecular flexibility index (Phi) is 4.94. The van der Waals surface area contributed by atoms with Crippen LogP contribution in [0.4, 0.5) is 4.79 Å². The molecule has 1 aliphatic carbocycles. The quantitative estimate of drug-likeness (QED) is 0.775. The average molecular weight is 297 g/mol. The van der Waals surface area contributed by atoms with E-state index >= 15 is 0 Å². The van der Waals surface area contributed by atoms with Gasteiger partial charge in [0.1, 0.15) is 0 Å². The van der Waals surface area contributed by atoms with Gasteiger partial charge in [0.25, 0.3) is 0 Å². The van der Waals surface area contributed by atoms with E-state index in [1.165, 1.54) is 11.3 Å². The number of carboxylic acids is 1. The Labute approximate surface area is 121 Å². The number of thiazole rings is 1. The summed E-state index contributed by atoms with van der Waals surface area (Å²) in [6, 6.07) is -0.343. The van der Waals surface area contributed by atoms with Gasteiger partial charge in [-0.1, -0.05) is 19.3 Å². The fraction of sp³-hybridized carbons (Fsp3) is 0.615. The topological polar surface area (TPSA) is 91.3 Å². The van der Waals surface area contributed by atoms with Crippen molar-refractivity contribution in [3.05, 3.63) is 16.6 Å². The minimum Gasteiger partial charge on any atom is -0.481 e. The Morgan fingerprint density at radius 2 is 2.05 bits per heavy atom. The smallest absolute Gasteiger partial charge is 0.315 e. The number of nitrogens with zero attached hydrogens (tertiary/aromatic N) is 1. The molecular weight excluding hydrogens is 278 g/mol. The van der Waals surface area contributed by atoms with Gasteiger partial charge in [0.05, 0.1) is 23.2 Å². The summed E-state index contributed by atoms with van der Waals surface area (Å²) in [6.07, 6.45) is 4.16. The average Bonchev–Trinajstić information content (AvgIpc) is 2.97. The highest BCUT2D eigenvalue weighted by atomic mass is 32.1. The van der Waals surface area contributed by atoms with E-state index in [0.717, 1.165) is 25.0 Å². The predicted octanol–water partition coefficient (Wildman–Crippen LogP) is 1.98. The van der Waals surface area contributed by atoms with Gasteiger partial charge in [0.2, 0.25) is 0 Å². The van der Waals surface area contributed by atoms with Crippen molar-refractivity contribution in [1.82, 2.24) is 15.6 Å². The molecule has 1 aromatic rings. The number of carbonyl (C=O) groups excluding carboxylic acids is 1. The number of aromatic nitrogens is 1. The maximum absolute atomic E-state index is 11.7. The van der Waals surface area contributed by atoms with Crippen LogP contribution in [-0.4, -0.2) is 28.6 Å². The summed E-state index contributed by atoms with van der Waals surface area (Å²) in [4.78, 5) is 27.2. The first-order chi connectivity index (χ1) is 9.62. The fourth-order valence-corrected chi connectivity index (χ4v) is 3.06. The van der Waals surface area contributed by atoms with Crippen molar-refractivity contribution in [1.29, 1.82) is 0 Å². The molecule has 2 amide bonds. The summed E-state index contributed by atoms with van der Waals surface area (Å²) in [5.41, 5.74) is 1.71. The van der Waals surface area contributed by atoms with Crippen LogP contribution in [0.3, 0.4) is 0 Å². The number of hydrogen-bond acceptors (Lipinski definition) is 4. The largest absolute Gasteiger partial charge is 0.481 e. The lowest BCUT2D eigenvalue weighted by molar-refractivity contribution is -0.150. The molecule has 1 aliphatic rings. The van der Waals surface area contributed by atoms with Gasteiger partial charge in [0, 0.05) is 11.9 Å². The molecule has 110 valence electrons. The molecule has 0 aromatic carbocycles. The van der Waals surface area contributed by atoms with Gasteiger partial charge in [0.15, 0.2) is 0 Å². The summed E-state index contributed by atoms with van der Waals surface area (Å²) < 4.78 is 0. The van der Waals surface area contributed by atoms with Crippen molar-refractivity contribution in [2.45, 2.75) is 38.6 Å². The van der Waals surface area contributed by atoms with Gasteiger partial charge >= 0.3 is 12.0 Å². The first kappa shape index (κ1) is 14.8. The first-order valence-corrected chi connectivity index (χ1v) is 7.69. The molecule has 0 spiro atoms. The summed E-state index contributed by atoms with van der Waals surface area (Å²) in [7, 11) is 0. The van der Waals surface area contributed by atoms with E-state index in [-0.39, 0.29) is 12.6 Å². The van der Waals surface area contributed by atoms with Crippen LogP contribution < -0.4 is 10.6 Å². The molecule has 0 atom stereocenters. The molecule has 7 heteroatoms. The second-order valence-electron chi connectivity index (χ2n) is 5.16. The maximum atomic E-state index is 11.7. The highest BCUT2D eigenvalue weighted by Crippen LogP contribution is 2.35. The summed E-state index contributed by atoms with van der Waals surface area (Å²) in [5.74, 6) is -0.808. The van der Waals surface area contributed by atoms with Gasteiger partial charge in [-0.05, 0) is 12.8 Å². The van der Waals surface area contributed by atoms with Crippen molar-refractivity contribution in [2.75, 3.05) is 6.54 Å². The van der Waals surface area contributed by atoms with E-state index in [1.807, 2.05) is 5.38 Å². The predicted molar refractivity (Wildman–Crippen MR) is 75.5 cm³/mol. The van der Waals surface area contributed by atoms with Crippen LogP contribution in [0.2, 0.25) is 0 Å². The van der Waals surface area contributed by atoms with E-state index in [9.17, 15) is 14.7 Å². The van der Waals surface area contributed by atoms with Gasteiger partial charge in [-0.15, -0.1) is 11.3 Å². The van der Waals surface area contributed by atoms with Crippen molar-refractivity contribution in [2.24, 2.45) is 5.41 Å². The van der Waals surface area contributed by atoms with Crippen molar-refractivity contribution < 1.29 is 14.7 Å². The minimum atomic E-state index is -0.808. The number of nitrogens with one attached hydrogen (secondary N) is 2. The third kappa shape index (κ3) is 3.69. The standard InChI is InChI=1S/C13H19N3O3S/c17-11(18)13(4-2-1-3-5-13)8-15-12(19)14-6-10-7-20-9-16-10/h7,9H,1-6,8H2,(H,17,18)(H2,14,15,19). The van der Waals surface area contributed by atoms with E-state index in [2.05, 4.69) is 15.6 Å². The Bertz CT molecular complexity index is 455. The van der Waals surface area contributed by atoms with Crippen LogP contribution >= 0.6 is 11.3 Å². The molecule has 3 N–H and O–H groups in total. The number of carboxylic acid groups (broad SMARTS) is 1. The fourth-order valence-electron chi connectivity index (χ4n) is 2.50. The van der Waals surface area contributed by atoms with E-state index in [0.29, 0.717) is 19.4 Å².